The summed E-state index contributed by atoms with van der Waals surface area (Å²) in [5, 5.41) is 0. The number of nitrogens with zero attached hydrogens (tertiary/aromatic N) is 1. The summed E-state index contributed by atoms with van der Waals surface area (Å²) in [5.74, 6) is -1.18. The predicted octanol–water partition coefficient (Wildman–Crippen LogP) is -0.772. The van der Waals surface area contributed by atoms with Crippen LogP contribution >= 0.6 is 0 Å². The second-order valence-electron chi connectivity index (χ2n) is 2.40. The summed E-state index contributed by atoms with van der Waals surface area (Å²) < 4.78 is 0. The molecule has 0 aromatic carbocycles. The molecule has 3 N–H and O–H groups in total. The number of carbonyl (C=O) groups excluding carboxylic acids is 2. The lowest BCUT2D eigenvalue weighted by molar-refractivity contribution is -0.124. The van der Waals surface area contributed by atoms with Gasteiger partial charge in [-0.05, 0) is 12.1 Å². The molecule has 0 bridgehead atoms. The monoisotopic (exact) mass is 195 g/mol. The molecule has 0 spiro atoms. The van der Waals surface area contributed by atoms with E-state index >= 15 is 0 Å². The lowest BCUT2D eigenvalue weighted by atomic mass is 10.3. The van der Waals surface area contributed by atoms with Gasteiger partial charge >= 0.3 is 0 Å². The summed E-state index contributed by atoms with van der Waals surface area (Å²) in [7, 11) is 0. The molecule has 0 saturated carbocycles. The summed E-state index contributed by atoms with van der Waals surface area (Å²) in [4.78, 5) is 29.7. The van der Waals surface area contributed by atoms with Gasteiger partial charge in [0.25, 0.3) is 5.91 Å². The minimum atomic E-state index is -0.661. The van der Waals surface area contributed by atoms with E-state index in [2.05, 4.69) is 9.82 Å². The molecule has 0 radical (unpaired) electrons. The fourth-order valence-corrected chi connectivity index (χ4v) is 0.722. The van der Waals surface area contributed by atoms with Gasteiger partial charge in [0.2, 0.25) is 5.91 Å². The number of rotatable bonds is 4. The predicted molar refractivity (Wildman–Crippen MR) is 46.8 cm³/mol. The summed E-state index contributed by atoms with van der Waals surface area (Å²) in [6.07, 6.45) is 1.48. The van der Waals surface area contributed by atoms with Gasteiger partial charge < -0.3 is 5.73 Å². The van der Waals surface area contributed by atoms with Crippen molar-refractivity contribution in [3.63, 3.8) is 0 Å². The van der Waals surface area contributed by atoms with Crippen LogP contribution < -0.4 is 11.2 Å². The van der Waals surface area contributed by atoms with E-state index in [9.17, 15) is 9.59 Å². The van der Waals surface area contributed by atoms with Crippen molar-refractivity contribution in [2.75, 3.05) is 6.61 Å². The first-order chi connectivity index (χ1) is 6.70. The maximum Gasteiger partial charge on any atom is 0.293 e. The molecule has 1 aromatic heterocycles. The topological polar surface area (TPSA) is 94.3 Å². The molecule has 74 valence electrons. The molecule has 0 aliphatic heterocycles. The lowest BCUT2D eigenvalue weighted by Crippen LogP contribution is -2.29. The van der Waals surface area contributed by atoms with Gasteiger partial charge in [0.15, 0.2) is 6.61 Å². The number of hydrogen-bond donors (Lipinski definition) is 2. The van der Waals surface area contributed by atoms with Crippen LogP contribution in [0.3, 0.4) is 0 Å². The van der Waals surface area contributed by atoms with Crippen molar-refractivity contribution in [3.05, 3.63) is 30.1 Å². The maximum absolute atomic E-state index is 11.2. The fraction of sp³-hybridized carbons (Fsp3) is 0.125. The molecule has 0 aliphatic rings. The summed E-state index contributed by atoms with van der Waals surface area (Å²) in [6.45, 7) is -0.363. The van der Waals surface area contributed by atoms with Gasteiger partial charge in [-0.1, -0.05) is 6.07 Å². The first-order valence-electron chi connectivity index (χ1n) is 3.81. The van der Waals surface area contributed by atoms with Gasteiger partial charge in [-0.25, -0.2) is 5.48 Å². The van der Waals surface area contributed by atoms with Gasteiger partial charge in [-0.3, -0.25) is 19.4 Å². The normalized spacial score (nSPS) is 9.43. The van der Waals surface area contributed by atoms with Crippen molar-refractivity contribution in [3.8, 4) is 0 Å². The fourth-order valence-electron chi connectivity index (χ4n) is 0.722. The molecular formula is C8H9N3O3. The molecule has 0 aliphatic carbocycles. The van der Waals surface area contributed by atoms with E-state index in [1.165, 1.54) is 12.3 Å². The van der Waals surface area contributed by atoms with Crippen molar-refractivity contribution >= 4 is 11.8 Å². The van der Waals surface area contributed by atoms with E-state index in [1.54, 1.807) is 12.1 Å². The summed E-state index contributed by atoms with van der Waals surface area (Å²) in [5.41, 5.74) is 7.02. The molecule has 1 heterocycles. The molecule has 0 saturated heterocycles. The Bertz CT molecular complexity index is 326. The third-order valence-electron chi connectivity index (χ3n) is 1.28. The van der Waals surface area contributed by atoms with Gasteiger partial charge in [0.05, 0.1) is 0 Å². The Morgan fingerprint density at radius 1 is 1.50 bits per heavy atom. The Morgan fingerprint density at radius 3 is 2.86 bits per heavy atom. The number of nitrogens with two attached hydrogens (primary N) is 1. The number of hydrogen-bond acceptors (Lipinski definition) is 4. The van der Waals surface area contributed by atoms with Crippen molar-refractivity contribution in [1.29, 1.82) is 0 Å². The molecule has 0 atom stereocenters. The highest BCUT2D eigenvalue weighted by atomic mass is 16.7. The Kier molecular flexibility index (Phi) is 3.57. The smallest absolute Gasteiger partial charge is 0.293 e. The van der Waals surface area contributed by atoms with Crippen LogP contribution in [0.2, 0.25) is 0 Å². The van der Waals surface area contributed by atoms with E-state index < -0.39 is 11.8 Å². The highest BCUT2D eigenvalue weighted by molar-refractivity contribution is 5.91. The average molecular weight is 195 g/mol. The molecule has 1 rings (SSSR count). The Morgan fingerprint density at radius 2 is 2.29 bits per heavy atom. The quantitative estimate of drug-likeness (QED) is 0.616. The zero-order chi connectivity index (χ0) is 10.4. The SMILES string of the molecule is NC(=O)CONC(=O)c1ccccn1. The number of nitrogens with one attached hydrogen (secondary N) is 1. The van der Waals surface area contributed by atoms with Gasteiger partial charge in [-0.2, -0.15) is 0 Å². The van der Waals surface area contributed by atoms with Crippen LogP contribution in [0, 0.1) is 0 Å². The zero-order valence-electron chi connectivity index (χ0n) is 7.27. The van der Waals surface area contributed by atoms with Crippen LogP contribution in [0.15, 0.2) is 24.4 Å². The summed E-state index contributed by atoms with van der Waals surface area (Å²) >= 11 is 0. The largest absolute Gasteiger partial charge is 0.368 e. The van der Waals surface area contributed by atoms with E-state index in [0.29, 0.717) is 0 Å². The molecule has 0 unspecified atom stereocenters. The van der Waals surface area contributed by atoms with Crippen molar-refractivity contribution in [1.82, 2.24) is 10.5 Å². The maximum atomic E-state index is 11.2. The highest BCUT2D eigenvalue weighted by Gasteiger charge is 2.05. The zero-order valence-corrected chi connectivity index (χ0v) is 7.27. The molecule has 1 aromatic rings. The Labute approximate surface area is 80.0 Å². The highest BCUT2D eigenvalue weighted by Crippen LogP contribution is 1.92. The van der Waals surface area contributed by atoms with Gasteiger partial charge in [0, 0.05) is 6.20 Å². The third kappa shape index (κ3) is 3.20. The molecule has 2 amide bonds. The van der Waals surface area contributed by atoms with Crippen molar-refractivity contribution < 1.29 is 14.4 Å². The number of aromatic nitrogens is 1. The Balaban J connectivity index is 2.40. The van der Waals surface area contributed by atoms with Crippen LogP contribution in [-0.4, -0.2) is 23.4 Å². The molecule has 6 heteroatoms. The lowest BCUT2D eigenvalue weighted by Gasteiger charge is -2.02. The Hall–Kier alpha value is -1.95. The third-order valence-corrected chi connectivity index (χ3v) is 1.28. The minimum absolute atomic E-state index is 0.206. The van der Waals surface area contributed by atoms with Crippen molar-refractivity contribution in [2.24, 2.45) is 5.73 Å². The van der Waals surface area contributed by atoms with Crippen LogP contribution in [-0.2, 0) is 9.63 Å². The van der Waals surface area contributed by atoms with Crippen LogP contribution in [0.4, 0.5) is 0 Å². The second-order valence-corrected chi connectivity index (χ2v) is 2.40. The first-order valence-corrected chi connectivity index (χ1v) is 3.81. The standard InChI is InChI=1S/C8H9N3O3/c9-7(12)5-14-11-8(13)6-3-1-2-4-10-6/h1-4H,5H2,(H2,9,12)(H,11,13). The summed E-state index contributed by atoms with van der Waals surface area (Å²) in [6, 6.07) is 4.86. The van der Waals surface area contributed by atoms with E-state index in [-0.39, 0.29) is 12.3 Å². The number of pyridine rings is 1. The van der Waals surface area contributed by atoms with E-state index in [0.717, 1.165) is 0 Å². The number of hydroxylamine groups is 1. The number of primary amides is 1. The van der Waals surface area contributed by atoms with Gasteiger partial charge in [-0.15, -0.1) is 0 Å². The van der Waals surface area contributed by atoms with Crippen LogP contribution in [0.25, 0.3) is 0 Å². The number of amides is 2. The van der Waals surface area contributed by atoms with Crippen LogP contribution in [0.1, 0.15) is 10.5 Å². The van der Waals surface area contributed by atoms with Crippen molar-refractivity contribution in [2.45, 2.75) is 0 Å². The van der Waals surface area contributed by atoms with Crippen LogP contribution in [0.5, 0.6) is 0 Å². The first kappa shape index (κ1) is 10.1. The van der Waals surface area contributed by atoms with E-state index in [4.69, 9.17) is 5.73 Å². The second kappa shape index (κ2) is 4.93. The average Bonchev–Trinajstić information content (AvgIpc) is 2.18. The molecule has 6 nitrogen and oxygen atoms in total. The minimum Gasteiger partial charge on any atom is -0.368 e. The molecule has 14 heavy (non-hydrogen) atoms. The number of carbonyl (C=O) groups is 2. The molecule has 0 fully saturated rings. The van der Waals surface area contributed by atoms with E-state index in [1.807, 2.05) is 5.48 Å². The van der Waals surface area contributed by atoms with Gasteiger partial charge in [0.1, 0.15) is 5.69 Å². The molecular weight excluding hydrogens is 186 g/mol.